The lowest BCUT2D eigenvalue weighted by molar-refractivity contribution is -0.221. The van der Waals surface area contributed by atoms with Crippen molar-refractivity contribution in [2.45, 2.75) is 87.0 Å². The Morgan fingerprint density at radius 3 is 2.22 bits per heavy atom. The van der Waals surface area contributed by atoms with Crippen LogP contribution < -0.4 is 4.74 Å². The molecule has 0 spiro atoms. The zero-order chi connectivity index (χ0) is 29.6. The molecule has 1 unspecified atom stereocenters. The Kier molecular flexibility index (Phi) is 7.66. The van der Waals surface area contributed by atoms with Crippen molar-refractivity contribution in [1.29, 1.82) is 0 Å². The minimum Gasteiger partial charge on any atom is -0.494 e. The van der Waals surface area contributed by atoms with E-state index in [9.17, 15) is 26.4 Å². The van der Waals surface area contributed by atoms with Crippen LogP contribution in [0.4, 0.5) is 26.3 Å². The van der Waals surface area contributed by atoms with Crippen molar-refractivity contribution < 1.29 is 44.3 Å². The van der Waals surface area contributed by atoms with Gasteiger partial charge in [-0.3, -0.25) is 9.48 Å². The first-order valence-electron chi connectivity index (χ1n) is 13.4. The highest BCUT2D eigenvalue weighted by molar-refractivity contribution is 7.90. The average molecular weight is 606 g/mol. The summed E-state index contributed by atoms with van der Waals surface area (Å²) in [6.07, 6.45) is -6.00. The Balaban J connectivity index is 1.44. The summed E-state index contributed by atoms with van der Waals surface area (Å²) < 4.78 is 116. The maximum Gasteiger partial charge on any atom is 0.417 e. The number of carbonyl (C=O) groups excluding carboxylic acids is 1. The number of halogens is 6. The second kappa shape index (κ2) is 10.7. The van der Waals surface area contributed by atoms with Crippen LogP contribution in [0.3, 0.4) is 0 Å². The zero-order valence-corrected chi connectivity index (χ0v) is 22.7. The van der Waals surface area contributed by atoms with Gasteiger partial charge in [-0.15, -0.1) is 0 Å². The van der Waals surface area contributed by atoms with E-state index in [2.05, 4.69) is 5.10 Å². The maximum atomic E-state index is 15.2. The zero-order valence-electron chi connectivity index (χ0n) is 21.9. The highest BCUT2D eigenvalue weighted by Crippen LogP contribution is 2.54. The smallest absolute Gasteiger partial charge is 0.417 e. The number of nitrogens with zero attached hydrogens (tertiary/aromatic N) is 3. The lowest BCUT2D eigenvalue weighted by Crippen LogP contribution is -2.62. The van der Waals surface area contributed by atoms with Gasteiger partial charge in [0.25, 0.3) is 5.91 Å². The van der Waals surface area contributed by atoms with Crippen LogP contribution >= 0.6 is 0 Å². The minimum atomic E-state index is -5.19. The van der Waals surface area contributed by atoms with Gasteiger partial charge in [-0.25, -0.2) is 12.7 Å². The molecule has 2 fully saturated rings. The summed E-state index contributed by atoms with van der Waals surface area (Å²) >= 11 is 0. The van der Waals surface area contributed by atoms with Crippen molar-refractivity contribution in [3.8, 4) is 5.75 Å². The Morgan fingerprint density at radius 1 is 0.951 bits per heavy atom. The van der Waals surface area contributed by atoms with Gasteiger partial charge in [0.05, 0.1) is 23.6 Å². The summed E-state index contributed by atoms with van der Waals surface area (Å²) in [6.45, 7) is 0.0544. The highest BCUT2D eigenvalue weighted by atomic mass is 32.2. The molecule has 224 valence electrons. The van der Waals surface area contributed by atoms with Crippen LogP contribution in [-0.4, -0.2) is 52.6 Å². The summed E-state index contributed by atoms with van der Waals surface area (Å²) in [6, 6.07) is 6.33. The minimum absolute atomic E-state index is 0.00949. The first-order chi connectivity index (χ1) is 19.2. The number of ether oxygens (including phenoxy) is 1. The topological polar surface area (TPSA) is 81.5 Å². The van der Waals surface area contributed by atoms with Crippen molar-refractivity contribution in [3.63, 3.8) is 0 Å². The Labute approximate surface area is 233 Å². The fourth-order valence-corrected chi connectivity index (χ4v) is 7.13. The van der Waals surface area contributed by atoms with Crippen molar-refractivity contribution in [2.24, 2.45) is 0 Å². The van der Waals surface area contributed by atoms with Gasteiger partial charge in [-0.1, -0.05) is 12.1 Å². The SMILES string of the molecule is O=C1C=C(c2ccn(C3CC3)n2)CC(c2ccc(OCCCCCC(F)(F)F)cc2)(C(F)(F)F)N1S(=O)(=O)C1CC1. The van der Waals surface area contributed by atoms with Gasteiger partial charge in [0.15, 0.2) is 5.54 Å². The largest absolute Gasteiger partial charge is 0.494 e. The van der Waals surface area contributed by atoms with Gasteiger partial charge < -0.3 is 4.74 Å². The summed E-state index contributed by atoms with van der Waals surface area (Å²) in [5.41, 5.74) is -3.51. The van der Waals surface area contributed by atoms with Crippen molar-refractivity contribution in [3.05, 3.63) is 53.9 Å². The van der Waals surface area contributed by atoms with Gasteiger partial charge >= 0.3 is 12.4 Å². The predicted octanol–water partition coefficient (Wildman–Crippen LogP) is 6.29. The molecule has 7 nitrogen and oxygen atoms in total. The molecule has 0 N–H and O–H groups in total. The number of aromatic nitrogens is 2. The number of benzene rings is 1. The lowest BCUT2D eigenvalue weighted by Gasteiger charge is -2.46. The van der Waals surface area contributed by atoms with E-state index in [0.29, 0.717) is 6.42 Å². The van der Waals surface area contributed by atoms with E-state index in [1.807, 2.05) is 0 Å². The number of amides is 1. The molecular weight excluding hydrogens is 576 g/mol. The molecule has 2 aromatic rings. The Bertz CT molecular complexity index is 1410. The molecule has 14 heteroatoms. The molecule has 1 aromatic carbocycles. The summed E-state index contributed by atoms with van der Waals surface area (Å²) in [5.74, 6) is -1.12. The molecule has 0 radical (unpaired) electrons. The van der Waals surface area contributed by atoms with E-state index in [1.165, 1.54) is 18.2 Å². The van der Waals surface area contributed by atoms with Gasteiger partial charge in [0, 0.05) is 25.1 Å². The molecule has 5 rings (SSSR count). The Morgan fingerprint density at radius 2 is 1.63 bits per heavy atom. The number of hydrogen-bond acceptors (Lipinski definition) is 5. The van der Waals surface area contributed by atoms with Crippen molar-refractivity contribution >= 4 is 21.5 Å². The molecule has 2 saturated carbocycles. The maximum absolute atomic E-state index is 15.2. The van der Waals surface area contributed by atoms with E-state index in [0.717, 1.165) is 31.1 Å². The fourth-order valence-electron chi connectivity index (χ4n) is 5.09. The number of carbonyl (C=O) groups is 1. The number of rotatable bonds is 11. The molecule has 0 saturated heterocycles. The number of hydrogen-bond donors (Lipinski definition) is 0. The van der Waals surface area contributed by atoms with Gasteiger partial charge in [0.1, 0.15) is 5.75 Å². The molecular formula is C27H29F6N3O4S. The molecule has 1 amide bonds. The number of unbranched alkanes of at least 4 members (excludes halogenated alkanes) is 2. The van der Waals surface area contributed by atoms with Gasteiger partial charge in [0.2, 0.25) is 10.0 Å². The van der Waals surface area contributed by atoms with Crippen LogP contribution in [0.5, 0.6) is 5.75 Å². The van der Waals surface area contributed by atoms with E-state index in [-0.39, 0.29) is 59.7 Å². The first kappa shape index (κ1) is 29.5. The van der Waals surface area contributed by atoms with Gasteiger partial charge in [-0.2, -0.15) is 31.4 Å². The first-order valence-corrected chi connectivity index (χ1v) is 14.9. The molecule has 2 heterocycles. The van der Waals surface area contributed by atoms with Crippen LogP contribution in [0.15, 0.2) is 42.6 Å². The molecule has 2 aliphatic carbocycles. The average Bonchev–Trinajstić information content (AvgIpc) is 3.82. The molecule has 0 bridgehead atoms. The quantitative estimate of drug-likeness (QED) is 0.222. The third-order valence-electron chi connectivity index (χ3n) is 7.52. The van der Waals surface area contributed by atoms with E-state index >= 15 is 13.2 Å². The van der Waals surface area contributed by atoms with Crippen LogP contribution in [0.2, 0.25) is 0 Å². The fraction of sp³-hybridized carbons (Fsp3) is 0.556. The monoisotopic (exact) mass is 605 g/mol. The second-order valence-corrected chi connectivity index (χ2v) is 12.8. The lowest BCUT2D eigenvalue weighted by atomic mass is 9.79. The summed E-state index contributed by atoms with van der Waals surface area (Å²) in [5, 5.41) is 3.30. The Hall–Kier alpha value is -3.03. The molecule has 41 heavy (non-hydrogen) atoms. The molecule has 1 aromatic heterocycles. The van der Waals surface area contributed by atoms with Gasteiger partial charge in [-0.05, 0) is 74.3 Å². The van der Waals surface area contributed by atoms with Crippen LogP contribution in [0.1, 0.15) is 75.1 Å². The normalized spacial score (nSPS) is 22.1. The van der Waals surface area contributed by atoms with Crippen LogP contribution in [0, 0.1) is 0 Å². The van der Waals surface area contributed by atoms with Crippen molar-refractivity contribution in [2.75, 3.05) is 6.61 Å². The second-order valence-electron chi connectivity index (χ2n) is 10.8. The summed E-state index contributed by atoms with van der Waals surface area (Å²) in [4.78, 5) is 13.3. The number of alkyl halides is 6. The molecule has 1 aliphatic heterocycles. The standard InChI is InChI=1S/C27H29F6N3O4S/c28-26(29,30)13-2-1-3-15-40-21-8-4-19(5-9-21)25(27(31,32)33)17-18(23-12-14-35(34-23)20-6-7-20)16-24(37)36(25)41(38,39)22-10-11-22/h4-5,8-9,12,14,16,20,22H,1-3,6-7,10-11,13,15,17H2. The van der Waals surface area contributed by atoms with Crippen molar-refractivity contribution in [1.82, 2.24) is 14.1 Å². The summed E-state index contributed by atoms with van der Waals surface area (Å²) in [7, 11) is -4.64. The molecule has 3 aliphatic rings. The third kappa shape index (κ3) is 6.12. The highest BCUT2D eigenvalue weighted by Gasteiger charge is 2.67. The molecule has 1 atom stereocenters. The van der Waals surface area contributed by atoms with E-state index in [4.69, 9.17) is 4.74 Å². The number of sulfonamides is 1. The predicted molar refractivity (Wildman–Crippen MR) is 136 cm³/mol. The van der Waals surface area contributed by atoms with Crippen LogP contribution in [-0.2, 0) is 20.4 Å². The van der Waals surface area contributed by atoms with E-state index in [1.54, 1.807) is 10.9 Å². The third-order valence-corrected chi connectivity index (χ3v) is 9.84. The van der Waals surface area contributed by atoms with Crippen LogP contribution in [0.25, 0.3) is 5.57 Å². The van der Waals surface area contributed by atoms with E-state index < -0.39 is 57.5 Å².